The lowest BCUT2D eigenvalue weighted by atomic mass is 10.1. The molecule has 0 unspecified atom stereocenters. The minimum absolute atomic E-state index is 0.00987. The minimum atomic E-state index is -0.635. The number of amides is 1. The summed E-state index contributed by atoms with van der Waals surface area (Å²) < 4.78 is 10.3. The summed E-state index contributed by atoms with van der Waals surface area (Å²) in [5, 5.41) is 2.62. The van der Waals surface area contributed by atoms with Gasteiger partial charge in [-0.1, -0.05) is 18.5 Å². The molecule has 0 saturated carbocycles. The molecule has 7 nitrogen and oxygen atoms in total. The van der Waals surface area contributed by atoms with Crippen molar-refractivity contribution in [3.8, 4) is 5.75 Å². The average Bonchev–Trinajstić information content (AvgIpc) is 2.71. The van der Waals surface area contributed by atoms with Crippen molar-refractivity contribution in [3.05, 3.63) is 53.3 Å². The van der Waals surface area contributed by atoms with Crippen LogP contribution in [-0.2, 0) is 14.3 Å². The van der Waals surface area contributed by atoms with Crippen molar-refractivity contribution in [2.45, 2.75) is 26.2 Å². The van der Waals surface area contributed by atoms with E-state index in [0.717, 1.165) is 6.42 Å². The zero-order valence-corrected chi connectivity index (χ0v) is 16.2. The third kappa shape index (κ3) is 7.00. The molecule has 2 rings (SSSR count). The van der Waals surface area contributed by atoms with Gasteiger partial charge in [-0.15, -0.1) is 0 Å². The van der Waals surface area contributed by atoms with Gasteiger partial charge < -0.3 is 14.8 Å². The molecule has 1 heterocycles. The van der Waals surface area contributed by atoms with Crippen molar-refractivity contribution in [2.75, 3.05) is 18.5 Å². The minimum Gasteiger partial charge on any atom is -0.494 e. The third-order valence-corrected chi connectivity index (χ3v) is 3.90. The van der Waals surface area contributed by atoms with Gasteiger partial charge in [0.05, 0.1) is 18.7 Å². The van der Waals surface area contributed by atoms with Crippen molar-refractivity contribution in [1.82, 2.24) is 4.98 Å². The first-order chi connectivity index (χ1) is 13.5. The highest BCUT2D eigenvalue weighted by molar-refractivity contribution is 6.32. The summed E-state index contributed by atoms with van der Waals surface area (Å²) in [5.41, 5.74) is 0.812. The number of hydrogen-bond acceptors (Lipinski definition) is 6. The second-order valence-corrected chi connectivity index (χ2v) is 6.20. The van der Waals surface area contributed by atoms with Gasteiger partial charge in [-0.3, -0.25) is 14.4 Å². The van der Waals surface area contributed by atoms with Gasteiger partial charge >= 0.3 is 5.97 Å². The quantitative estimate of drug-likeness (QED) is 0.369. The molecular weight excluding hydrogens is 384 g/mol. The molecule has 1 aromatic carbocycles. The molecule has 0 atom stereocenters. The summed E-state index contributed by atoms with van der Waals surface area (Å²) in [5.74, 6) is -0.677. The Balaban J connectivity index is 1.72. The zero-order chi connectivity index (χ0) is 20.4. The van der Waals surface area contributed by atoms with Crippen molar-refractivity contribution in [3.63, 3.8) is 0 Å². The zero-order valence-electron chi connectivity index (χ0n) is 15.4. The van der Waals surface area contributed by atoms with Crippen LogP contribution in [-0.4, -0.2) is 35.9 Å². The van der Waals surface area contributed by atoms with Crippen LogP contribution in [0.2, 0.25) is 5.15 Å². The average molecular weight is 405 g/mol. The third-order valence-electron chi connectivity index (χ3n) is 3.60. The molecule has 0 fully saturated rings. The van der Waals surface area contributed by atoms with Gasteiger partial charge in [-0.05, 0) is 42.8 Å². The Kier molecular flexibility index (Phi) is 8.42. The molecule has 8 heteroatoms. The number of ketones is 1. The Morgan fingerprint density at radius 3 is 2.54 bits per heavy atom. The van der Waals surface area contributed by atoms with Crippen LogP contribution in [0.5, 0.6) is 5.75 Å². The van der Waals surface area contributed by atoms with Gasteiger partial charge in [0.25, 0.3) is 5.91 Å². The molecule has 1 amide bonds. The van der Waals surface area contributed by atoms with Crippen molar-refractivity contribution < 1.29 is 23.9 Å². The Hall–Kier alpha value is -2.93. The number of hydrogen-bond donors (Lipinski definition) is 1. The fourth-order valence-electron chi connectivity index (χ4n) is 2.20. The fourth-order valence-corrected chi connectivity index (χ4v) is 2.37. The Labute approximate surface area is 168 Å². The molecule has 0 spiro atoms. The number of ether oxygens (including phenoxy) is 2. The van der Waals surface area contributed by atoms with E-state index in [4.69, 9.17) is 21.1 Å². The molecule has 0 radical (unpaired) electrons. The number of carbonyl (C=O) groups excluding carboxylic acids is 3. The normalized spacial score (nSPS) is 10.2. The summed E-state index contributed by atoms with van der Waals surface area (Å²) in [6.07, 6.45) is 2.26. The molecule has 0 aliphatic heterocycles. The largest absolute Gasteiger partial charge is 0.494 e. The topological polar surface area (TPSA) is 94.6 Å². The Morgan fingerprint density at radius 1 is 1.11 bits per heavy atom. The molecular formula is C20H21ClN2O5. The lowest BCUT2D eigenvalue weighted by molar-refractivity contribution is -0.147. The van der Waals surface area contributed by atoms with E-state index in [9.17, 15) is 14.4 Å². The van der Waals surface area contributed by atoms with Crippen LogP contribution in [0.25, 0.3) is 0 Å². The van der Waals surface area contributed by atoms with Gasteiger partial charge in [-0.25, -0.2) is 4.98 Å². The van der Waals surface area contributed by atoms with E-state index in [-0.39, 0.29) is 23.8 Å². The standard InChI is InChI=1S/C20H21ClN2O5/c1-2-12-27-15-7-5-14(6-8-15)17(24)9-10-19(26)28-13-18(25)23-16-4-3-11-22-20(16)21/h3-8,11H,2,9-10,12-13H2,1H3,(H,23,25). The van der Waals surface area contributed by atoms with E-state index in [1.54, 1.807) is 36.4 Å². The highest BCUT2D eigenvalue weighted by atomic mass is 35.5. The molecule has 1 N–H and O–H groups in total. The van der Waals surface area contributed by atoms with Gasteiger partial charge in [0, 0.05) is 18.2 Å². The summed E-state index contributed by atoms with van der Waals surface area (Å²) in [6.45, 7) is 2.15. The first-order valence-electron chi connectivity index (χ1n) is 8.81. The number of carbonyl (C=O) groups is 3. The van der Waals surface area contributed by atoms with Crippen LogP contribution >= 0.6 is 11.6 Å². The maximum Gasteiger partial charge on any atom is 0.306 e. The molecule has 0 aliphatic carbocycles. The molecule has 1 aromatic heterocycles. The highest BCUT2D eigenvalue weighted by Crippen LogP contribution is 2.17. The number of anilines is 1. The molecule has 0 aliphatic rings. The van der Waals surface area contributed by atoms with Gasteiger partial charge in [0.15, 0.2) is 17.5 Å². The van der Waals surface area contributed by atoms with Crippen LogP contribution < -0.4 is 10.1 Å². The smallest absolute Gasteiger partial charge is 0.306 e. The van der Waals surface area contributed by atoms with Crippen molar-refractivity contribution in [2.24, 2.45) is 0 Å². The first kappa shape index (κ1) is 21.4. The van der Waals surface area contributed by atoms with Crippen LogP contribution in [0.1, 0.15) is 36.5 Å². The summed E-state index contributed by atoms with van der Waals surface area (Å²) in [6, 6.07) is 9.94. The number of nitrogens with one attached hydrogen (secondary N) is 1. The second kappa shape index (κ2) is 11.0. The van der Waals surface area contributed by atoms with Gasteiger partial charge in [-0.2, -0.15) is 0 Å². The van der Waals surface area contributed by atoms with Crippen LogP contribution in [0.15, 0.2) is 42.6 Å². The van der Waals surface area contributed by atoms with E-state index < -0.39 is 18.5 Å². The molecule has 148 valence electrons. The number of Topliss-reactive ketones (excluding diaryl/α,β-unsaturated/α-hetero) is 1. The van der Waals surface area contributed by atoms with Crippen LogP contribution in [0, 0.1) is 0 Å². The summed E-state index contributed by atoms with van der Waals surface area (Å²) in [4.78, 5) is 39.5. The molecule has 0 saturated heterocycles. The van der Waals surface area contributed by atoms with E-state index in [2.05, 4.69) is 10.3 Å². The maximum absolute atomic E-state index is 12.1. The Bertz CT molecular complexity index is 824. The number of rotatable bonds is 10. The Morgan fingerprint density at radius 2 is 1.86 bits per heavy atom. The maximum atomic E-state index is 12.1. The van der Waals surface area contributed by atoms with Gasteiger partial charge in [0.1, 0.15) is 5.75 Å². The van der Waals surface area contributed by atoms with E-state index in [1.807, 2.05) is 6.92 Å². The second-order valence-electron chi connectivity index (χ2n) is 5.85. The predicted octanol–water partition coefficient (Wildman–Crippen LogP) is 3.67. The summed E-state index contributed by atoms with van der Waals surface area (Å²) in [7, 11) is 0. The fraction of sp³-hybridized carbons (Fsp3) is 0.300. The molecule has 0 bridgehead atoms. The van der Waals surface area contributed by atoms with E-state index in [1.165, 1.54) is 6.20 Å². The SMILES string of the molecule is CCCOc1ccc(C(=O)CCC(=O)OCC(=O)Nc2cccnc2Cl)cc1. The van der Waals surface area contributed by atoms with Gasteiger partial charge in [0.2, 0.25) is 0 Å². The number of halogens is 1. The number of benzene rings is 1. The van der Waals surface area contributed by atoms with E-state index in [0.29, 0.717) is 23.6 Å². The first-order valence-corrected chi connectivity index (χ1v) is 9.19. The monoisotopic (exact) mass is 404 g/mol. The number of esters is 1. The number of aromatic nitrogens is 1. The van der Waals surface area contributed by atoms with Crippen molar-refractivity contribution in [1.29, 1.82) is 0 Å². The summed E-state index contributed by atoms with van der Waals surface area (Å²) >= 11 is 5.83. The predicted molar refractivity (Wildman–Crippen MR) is 105 cm³/mol. The molecule has 28 heavy (non-hydrogen) atoms. The van der Waals surface area contributed by atoms with Crippen LogP contribution in [0.3, 0.4) is 0 Å². The van der Waals surface area contributed by atoms with E-state index >= 15 is 0 Å². The highest BCUT2D eigenvalue weighted by Gasteiger charge is 2.13. The number of pyridine rings is 1. The number of nitrogens with zero attached hydrogens (tertiary/aromatic N) is 1. The lowest BCUT2D eigenvalue weighted by Crippen LogP contribution is -2.21. The van der Waals surface area contributed by atoms with Crippen molar-refractivity contribution >= 4 is 34.9 Å². The lowest BCUT2D eigenvalue weighted by Gasteiger charge is -2.07. The molecule has 2 aromatic rings. The van der Waals surface area contributed by atoms with Crippen LogP contribution in [0.4, 0.5) is 5.69 Å².